The van der Waals surface area contributed by atoms with Crippen molar-refractivity contribution in [2.45, 2.75) is 13.2 Å². The molecular weight excluding hydrogens is 92.1 g/mol. The van der Waals surface area contributed by atoms with Gasteiger partial charge in [0.1, 0.15) is 0 Å². The second-order valence-corrected chi connectivity index (χ2v) is 1.63. The predicted octanol–water partition coefficient (Wildman–Crippen LogP) is 0.281. The fraction of sp³-hybridized carbons (Fsp3) is 0.600. The van der Waals surface area contributed by atoms with Gasteiger partial charge in [-0.3, -0.25) is 0 Å². The first kappa shape index (κ1) is 4.81. The fourth-order valence-electron chi connectivity index (χ4n) is 0.503. The van der Waals surface area contributed by atoms with Crippen molar-refractivity contribution in [3.63, 3.8) is 0 Å². The van der Waals surface area contributed by atoms with Crippen LogP contribution in [0.1, 0.15) is 6.92 Å². The Morgan fingerprint density at radius 1 is 2.00 bits per heavy atom. The second-order valence-electron chi connectivity index (χ2n) is 1.63. The van der Waals surface area contributed by atoms with Crippen molar-refractivity contribution in [2.75, 3.05) is 6.61 Å². The maximum Gasteiger partial charge on any atom is 0.177 e. The predicted molar refractivity (Wildman–Crippen MR) is 25.7 cm³/mol. The van der Waals surface area contributed by atoms with Gasteiger partial charge in [0.15, 0.2) is 6.29 Å². The van der Waals surface area contributed by atoms with E-state index in [-0.39, 0.29) is 0 Å². The summed E-state index contributed by atoms with van der Waals surface area (Å²) in [7, 11) is 0. The Morgan fingerprint density at radius 3 is 2.86 bits per heavy atom. The van der Waals surface area contributed by atoms with Crippen LogP contribution in [-0.4, -0.2) is 18.0 Å². The van der Waals surface area contributed by atoms with Crippen LogP contribution >= 0.6 is 0 Å². The third-order valence-electron chi connectivity index (χ3n) is 1.05. The van der Waals surface area contributed by atoms with Crippen molar-refractivity contribution in [3.8, 4) is 0 Å². The van der Waals surface area contributed by atoms with Gasteiger partial charge in [-0.1, -0.05) is 6.08 Å². The van der Waals surface area contributed by atoms with Gasteiger partial charge in [-0.2, -0.15) is 0 Å². The lowest BCUT2D eigenvalue weighted by atomic mass is 10.3. The van der Waals surface area contributed by atoms with E-state index in [0.29, 0.717) is 6.61 Å². The molecule has 1 N–H and O–H groups in total. The zero-order valence-corrected chi connectivity index (χ0v) is 4.22. The molecule has 0 spiro atoms. The number of ether oxygens (including phenoxy) is 1. The van der Waals surface area contributed by atoms with E-state index in [2.05, 4.69) is 0 Å². The van der Waals surface area contributed by atoms with Gasteiger partial charge in [-0.15, -0.1) is 0 Å². The van der Waals surface area contributed by atoms with E-state index in [1.807, 2.05) is 13.0 Å². The summed E-state index contributed by atoms with van der Waals surface area (Å²) in [5.41, 5.74) is 0.917. The molecule has 0 aromatic heterocycles. The Labute approximate surface area is 42.4 Å². The van der Waals surface area contributed by atoms with Crippen LogP contribution in [0.3, 0.4) is 0 Å². The molecule has 0 aliphatic carbocycles. The molecule has 0 saturated heterocycles. The van der Waals surface area contributed by atoms with Crippen molar-refractivity contribution in [3.05, 3.63) is 11.6 Å². The maximum absolute atomic E-state index is 8.71. The van der Waals surface area contributed by atoms with Crippen LogP contribution in [0.15, 0.2) is 11.6 Å². The highest BCUT2D eigenvalue weighted by molar-refractivity contribution is 5.05. The van der Waals surface area contributed by atoms with Crippen molar-refractivity contribution in [1.82, 2.24) is 0 Å². The third-order valence-corrected chi connectivity index (χ3v) is 1.05. The molecule has 1 aliphatic heterocycles. The molecule has 1 aliphatic rings. The highest BCUT2D eigenvalue weighted by atomic mass is 16.6. The quantitative estimate of drug-likeness (QED) is 0.443. The zero-order chi connectivity index (χ0) is 5.28. The fourth-order valence-corrected chi connectivity index (χ4v) is 0.503. The van der Waals surface area contributed by atoms with E-state index >= 15 is 0 Å². The molecule has 0 aromatic rings. The van der Waals surface area contributed by atoms with Gasteiger partial charge in [0.05, 0.1) is 6.61 Å². The number of rotatable bonds is 0. The molecule has 7 heavy (non-hydrogen) atoms. The molecule has 0 fully saturated rings. The van der Waals surface area contributed by atoms with Gasteiger partial charge < -0.3 is 9.84 Å². The van der Waals surface area contributed by atoms with Gasteiger partial charge in [0.2, 0.25) is 0 Å². The molecule has 1 unspecified atom stereocenters. The monoisotopic (exact) mass is 100 g/mol. The third kappa shape index (κ3) is 0.813. The summed E-state index contributed by atoms with van der Waals surface area (Å²) >= 11 is 0. The van der Waals surface area contributed by atoms with Crippen LogP contribution in [0.2, 0.25) is 0 Å². The number of hydrogen-bond acceptors (Lipinski definition) is 2. The summed E-state index contributed by atoms with van der Waals surface area (Å²) in [4.78, 5) is 0. The number of aliphatic hydroxyl groups excluding tert-OH is 1. The average Bonchev–Trinajstić information content (AvgIpc) is 1.91. The lowest BCUT2D eigenvalue weighted by Crippen LogP contribution is -2.04. The summed E-state index contributed by atoms with van der Waals surface area (Å²) in [6.45, 7) is 2.41. The second kappa shape index (κ2) is 1.64. The summed E-state index contributed by atoms with van der Waals surface area (Å²) in [5, 5.41) is 8.71. The van der Waals surface area contributed by atoms with E-state index in [9.17, 15) is 0 Å². The van der Waals surface area contributed by atoms with Crippen molar-refractivity contribution >= 4 is 0 Å². The zero-order valence-electron chi connectivity index (χ0n) is 4.22. The molecule has 0 bridgehead atoms. The Balaban J connectivity index is 2.54. The molecule has 0 saturated carbocycles. The van der Waals surface area contributed by atoms with Crippen molar-refractivity contribution in [1.29, 1.82) is 0 Å². The van der Waals surface area contributed by atoms with Crippen LogP contribution in [-0.2, 0) is 4.74 Å². The van der Waals surface area contributed by atoms with E-state index in [1.54, 1.807) is 0 Å². The van der Waals surface area contributed by atoms with E-state index < -0.39 is 6.29 Å². The first-order chi connectivity index (χ1) is 3.30. The molecule has 40 valence electrons. The molecule has 0 radical (unpaired) electrons. The summed E-state index contributed by atoms with van der Waals surface area (Å²) in [5.74, 6) is 0. The number of hydrogen-bond donors (Lipinski definition) is 1. The Morgan fingerprint density at radius 2 is 2.71 bits per heavy atom. The summed E-state index contributed by atoms with van der Waals surface area (Å²) < 4.78 is 4.73. The SMILES string of the molecule is CC1=CCOC1O. The van der Waals surface area contributed by atoms with Crippen LogP contribution in [0.25, 0.3) is 0 Å². The van der Waals surface area contributed by atoms with Crippen LogP contribution < -0.4 is 0 Å². The van der Waals surface area contributed by atoms with Crippen LogP contribution in [0, 0.1) is 0 Å². The molecule has 2 heteroatoms. The van der Waals surface area contributed by atoms with Gasteiger partial charge in [-0.05, 0) is 12.5 Å². The highest BCUT2D eigenvalue weighted by Crippen LogP contribution is 2.08. The minimum atomic E-state index is -0.625. The highest BCUT2D eigenvalue weighted by Gasteiger charge is 2.09. The standard InChI is InChI=1S/C5H8O2/c1-4-2-3-7-5(4)6/h2,5-6H,3H2,1H3. The first-order valence-corrected chi connectivity index (χ1v) is 2.27. The Bertz CT molecular complexity index is 96.3. The first-order valence-electron chi connectivity index (χ1n) is 2.27. The summed E-state index contributed by atoms with van der Waals surface area (Å²) in [6, 6.07) is 0. The van der Waals surface area contributed by atoms with E-state index in [0.717, 1.165) is 5.57 Å². The van der Waals surface area contributed by atoms with Crippen molar-refractivity contribution in [2.24, 2.45) is 0 Å². The largest absolute Gasteiger partial charge is 0.364 e. The molecular formula is C5H8O2. The molecule has 0 amide bonds. The maximum atomic E-state index is 8.71. The van der Waals surface area contributed by atoms with Crippen LogP contribution in [0.5, 0.6) is 0 Å². The Kier molecular flexibility index (Phi) is 1.13. The minimum absolute atomic E-state index is 0.562. The molecule has 0 aromatic carbocycles. The normalized spacial score (nSPS) is 30.6. The van der Waals surface area contributed by atoms with E-state index in [1.165, 1.54) is 0 Å². The minimum Gasteiger partial charge on any atom is -0.364 e. The molecule has 1 rings (SSSR count). The number of aliphatic hydroxyl groups is 1. The van der Waals surface area contributed by atoms with Gasteiger partial charge in [0.25, 0.3) is 0 Å². The molecule has 1 atom stereocenters. The lowest BCUT2D eigenvalue weighted by Gasteiger charge is -1.99. The van der Waals surface area contributed by atoms with Crippen LogP contribution in [0.4, 0.5) is 0 Å². The molecule has 2 nitrogen and oxygen atoms in total. The van der Waals surface area contributed by atoms with Crippen molar-refractivity contribution < 1.29 is 9.84 Å². The lowest BCUT2D eigenvalue weighted by molar-refractivity contribution is -0.0452. The smallest absolute Gasteiger partial charge is 0.177 e. The summed E-state index contributed by atoms with van der Waals surface area (Å²) in [6.07, 6.45) is 1.24. The Hall–Kier alpha value is -0.340. The van der Waals surface area contributed by atoms with Gasteiger partial charge in [-0.25, -0.2) is 0 Å². The topological polar surface area (TPSA) is 29.5 Å². The van der Waals surface area contributed by atoms with Gasteiger partial charge >= 0.3 is 0 Å². The van der Waals surface area contributed by atoms with E-state index in [4.69, 9.17) is 9.84 Å². The van der Waals surface area contributed by atoms with Gasteiger partial charge in [0, 0.05) is 0 Å². The average molecular weight is 100 g/mol. The molecule has 1 heterocycles.